The van der Waals surface area contributed by atoms with Gasteiger partial charge in [0, 0.05) is 0 Å². The van der Waals surface area contributed by atoms with E-state index in [0.29, 0.717) is 0 Å². The smallest absolute Gasteiger partial charge is 0.0105 e. The van der Waals surface area contributed by atoms with Gasteiger partial charge < -0.3 is 0 Å². The first-order chi connectivity index (χ1) is 8.38. The Bertz CT molecular complexity index is 705. The molecule has 0 N–H and O–H groups in total. The fourth-order valence-corrected chi connectivity index (χ4v) is 2.32. The molecule has 0 aliphatic heterocycles. The number of hydrogen-bond donors (Lipinski definition) is 0. The van der Waals surface area contributed by atoms with Crippen LogP contribution in [0, 0.1) is 0 Å². The molecule has 17 heavy (non-hydrogen) atoms. The normalized spacial score (nSPS) is 11.6. The van der Waals surface area contributed by atoms with Crippen LogP contribution in [0.15, 0.2) is 60.7 Å². The van der Waals surface area contributed by atoms with Crippen LogP contribution >= 0.6 is 0 Å². The Balaban J connectivity index is 2.43. The third kappa shape index (κ3) is 1.72. The molecule has 82 valence electrons. The van der Waals surface area contributed by atoms with Crippen LogP contribution in [0.5, 0.6) is 0 Å². The predicted octanol–water partition coefficient (Wildman–Crippen LogP) is 5.03. The van der Waals surface area contributed by atoms with Gasteiger partial charge in [-0.3, -0.25) is 0 Å². The molecule has 0 spiro atoms. The average Bonchev–Trinajstić information content (AvgIpc) is 2.37. The van der Waals surface area contributed by atoms with Crippen LogP contribution in [0.4, 0.5) is 0 Å². The third-order valence-corrected chi connectivity index (χ3v) is 3.13. The molecule has 0 fully saturated rings. The summed E-state index contributed by atoms with van der Waals surface area (Å²) in [5.41, 5.74) is 1.29. The second-order valence-electron chi connectivity index (χ2n) is 4.27. The molecule has 0 aliphatic rings. The van der Waals surface area contributed by atoms with Crippen LogP contribution < -0.4 is 0 Å². The molecule has 3 rings (SSSR count). The van der Waals surface area contributed by atoms with Gasteiger partial charge in [0.05, 0.1) is 0 Å². The highest BCUT2D eigenvalue weighted by atomic mass is 14.0. The highest BCUT2D eigenvalue weighted by molar-refractivity contribution is 6.01. The first kappa shape index (κ1) is 10.1. The number of benzene rings is 3. The van der Waals surface area contributed by atoms with E-state index in [4.69, 9.17) is 0 Å². The lowest BCUT2D eigenvalue weighted by atomic mass is 9.99. The maximum absolute atomic E-state index is 2.28. The lowest BCUT2D eigenvalue weighted by molar-refractivity contribution is 1.71. The molecule has 0 aliphatic carbocycles. The van der Waals surface area contributed by atoms with Crippen molar-refractivity contribution in [1.29, 1.82) is 0 Å². The summed E-state index contributed by atoms with van der Waals surface area (Å²) >= 11 is 0. The van der Waals surface area contributed by atoms with E-state index in [1.165, 1.54) is 27.1 Å². The van der Waals surface area contributed by atoms with Gasteiger partial charge in [0.15, 0.2) is 0 Å². The van der Waals surface area contributed by atoms with Crippen molar-refractivity contribution in [1.82, 2.24) is 0 Å². The van der Waals surface area contributed by atoms with Crippen LogP contribution in [0.25, 0.3) is 27.6 Å². The van der Waals surface area contributed by atoms with Gasteiger partial charge in [-0.2, -0.15) is 0 Å². The van der Waals surface area contributed by atoms with Gasteiger partial charge in [0.1, 0.15) is 0 Å². The van der Waals surface area contributed by atoms with Crippen molar-refractivity contribution in [2.45, 2.75) is 6.92 Å². The monoisotopic (exact) mass is 218 g/mol. The van der Waals surface area contributed by atoms with E-state index in [1.54, 1.807) is 0 Å². The summed E-state index contributed by atoms with van der Waals surface area (Å²) in [6.45, 7) is 2.06. The van der Waals surface area contributed by atoms with Crippen molar-refractivity contribution in [2.24, 2.45) is 0 Å². The molecule has 0 radical (unpaired) electrons. The molecule has 0 bridgehead atoms. The molecule has 3 aromatic rings. The van der Waals surface area contributed by atoms with E-state index in [0.717, 1.165) is 0 Å². The van der Waals surface area contributed by atoms with Crippen LogP contribution in [0.1, 0.15) is 12.5 Å². The minimum atomic E-state index is 1.29. The predicted molar refractivity (Wildman–Crippen MR) is 76.2 cm³/mol. The van der Waals surface area contributed by atoms with Crippen molar-refractivity contribution in [3.8, 4) is 0 Å². The van der Waals surface area contributed by atoms with Gasteiger partial charge >= 0.3 is 0 Å². The highest BCUT2D eigenvalue weighted by Gasteiger charge is 2.00. The fraction of sp³-hybridized carbons (Fsp3) is 0.0588. The summed E-state index contributed by atoms with van der Waals surface area (Å²) in [4.78, 5) is 0. The Morgan fingerprint density at radius 3 is 2.24 bits per heavy atom. The van der Waals surface area contributed by atoms with Gasteiger partial charge in [0.25, 0.3) is 0 Å². The largest absolute Gasteiger partial charge is 0.0870 e. The Morgan fingerprint density at radius 2 is 1.47 bits per heavy atom. The van der Waals surface area contributed by atoms with Crippen molar-refractivity contribution >= 4 is 27.6 Å². The van der Waals surface area contributed by atoms with Crippen LogP contribution in [0.2, 0.25) is 0 Å². The van der Waals surface area contributed by atoms with E-state index in [2.05, 4.69) is 73.7 Å². The van der Waals surface area contributed by atoms with E-state index in [9.17, 15) is 0 Å². The van der Waals surface area contributed by atoms with E-state index in [1.807, 2.05) is 0 Å². The summed E-state index contributed by atoms with van der Waals surface area (Å²) in [6, 6.07) is 19.5. The van der Waals surface area contributed by atoms with Crippen molar-refractivity contribution in [3.63, 3.8) is 0 Å². The van der Waals surface area contributed by atoms with Crippen molar-refractivity contribution < 1.29 is 0 Å². The zero-order chi connectivity index (χ0) is 11.7. The molecular formula is C17H14. The number of hydrogen-bond acceptors (Lipinski definition) is 0. The third-order valence-electron chi connectivity index (χ3n) is 3.13. The van der Waals surface area contributed by atoms with Crippen molar-refractivity contribution in [2.75, 3.05) is 0 Å². The molecule has 0 heteroatoms. The van der Waals surface area contributed by atoms with Gasteiger partial charge in [-0.05, 0) is 46.2 Å². The first-order valence-corrected chi connectivity index (χ1v) is 5.93. The molecule has 0 amide bonds. The highest BCUT2D eigenvalue weighted by Crippen LogP contribution is 2.26. The summed E-state index contributed by atoms with van der Waals surface area (Å²) in [5.74, 6) is 0. The minimum Gasteiger partial charge on any atom is -0.0870 e. The molecule has 0 saturated heterocycles. The van der Waals surface area contributed by atoms with Crippen LogP contribution in [-0.4, -0.2) is 0 Å². The lowest BCUT2D eigenvalue weighted by Gasteiger charge is -2.05. The molecule has 0 atom stereocenters. The van der Waals surface area contributed by atoms with E-state index >= 15 is 0 Å². The second kappa shape index (κ2) is 4.06. The van der Waals surface area contributed by atoms with Gasteiger partial charge in [-0.15, -0.1) is 0 Å². The Labute approximate surface area is 101 Å². The van der Waals surface area contributed by atoms with Crippen LogP contribution in [0.3, 0.4) is 0 Å². The topological polar surface area (TPSA) is 0 Å². The standard InChI is InChI=1S/C17H14/c1-2-6-13-9-5-10-16-11-14-7-3-4-8-15(14)12-17(13)16/h2-12H,1H3/b6-2-. The number of rotatable bonds is 1. The Morgan fingerprint density at radius 1 is 0.765 bits per heavy atom. The van der Waals surface area contributed by atoms with E-state index in [-0.39, 0.29) is 0 Å². The molecule has 3 aromatic carbocycles. The zero-order valence-electron chi connectivity index (χ0n) is 9.85. The van der Waals surface area contributed by atoms with Gasteiger partial charge in [-0.1, -0.05) is 54.6 Å². The average molecular weight is 218 g/mol. The quantitative estimate of drug-likeness (QED) is 0.503. The fourth-order valence-electron chi connectivity index (χ4n) is 2.32. The van der Waals surface area contributed by atoms with Crippen LogP contribution in [-0.2, 0) is 0 Å². The van der Waals surface area contributed by atoms with E-state index < -0.39 is 0 Å². The molecular weight excluding hydrogens is 204 g/mol. The van der Waals surface area contributed by atoms with Gasteiger partial charge in [-0.25, -0.2) is 0 Å². The molecule has 0 unspecified atom stereocenters. The maximum Gasteiger partial charge on any atom is -0.0105 e. The minimum absolute atomic E-state index is 1.29. The summed E-state index contributed by atoms with van der Waals surface area (Å²) < 4.78 is 0. The van der Waals surface area contributed by atoms with Gasteiger partial charge in [0.2, 0.25) is 0 Å². The lowest BCUT2D eigenvalue weighted by Crippen LogP contribution is -1.80. The number of fused-ring (bicyclic) bond motifs is 2. The SMILES string of the molecule is C/C=C\c1cccc2cc3ccccc3cc12. The summed E-state index contributed by atoms with van der Waals surface area (Å²) in [6.07, 6.45) is 4.25. The molecule has 0 aromatic heterocycles. The van der Waals surface area contributed by atoms with Crippen molar-refractivity contribution in [3.05, 3.63) is 66.2 Å². The number of allylic oxidation sites excluding steroid dienone is 1. The first-order valence-electron chi connectivity index (χ1n) is 5.93. The summed E-state index contributed by atoms with van der Waals surface area (Å²) in [7, 11) is 0. The zero-order valence-corrected chi connectivity index (χ0v) is 9.85. The molecule has 0 saturated carbocycles. The Hall–Kier alpha value is -2.08. The maximum atomic E-state index is 2.28. The molecule has 0 heterocycles. The molecule has 0 nitrogen and oxygen atoms in total. The second-order valence-corrected chi connectivity index (χ2v) is 4.27. The Kier molecular flexibility index (Phi) is 2.41. The summed E-state index contributed by atoms with van der Waals surface area (Å²) in [5, 5.41) is 5.23.